The van der Waals surface area contributed by atoms with Crippen LogP contribution in [0, 0.1) is 12.7 Å². The molecular formula is C17H17ClFN3O3. The van der Waals surface area contributed by atoms with E-state index in [0.717, 1.165) is 6.07 Å². The van der Waals surface area contributed by atoms with E-state index in [4.69, 9.17) is 16.3 Å². The average molecular weight is 366 g/mol. The SMILES string of the molecule is Cc1nc2c(c(=O)[nH]1)CCN(C(=O)C(C)Oc1ccc(F)cc1Cl)C2. The number of ether oxygens (including phenoxy) is 1. The molecule has 1 aromatic heterocycles. The van der Waals surface area contributed by atoms with Gasteiger partial charge in [-0.15, -0.1) is 0 Å². The maximum atomic E-state index is 13.1. The van der Waals surface area contributed by atoms with Crippen molar-refractivity contribution in [1.29, 1.82) is 0 Å². The largest absolute Gasteiger partial charge is 0.479 e. The van der Waals surface area contributed by atoms with Crippen LogP contribution in [0.5, 0.6) is 5.75 Å². The van der Waals surface area contributed by atoms with Gasteiger partial charge in [0, 0.05) is 12.1 Å². The Morgan fingerprint density at radius 3 is 2.96 bits per heavy atom. The van der Waals surface area contributed by atoms with Crippen LogP contribution in [0.2, 0.25) is 5.02 Å². The highest BCUT2D eigenvalue weighted by molar-refractivity contribution is 6.32. The number of aromatic nitrogens is 2. The van der Waals surface area contributed by atoms with Crippen molar-refractivity contribution in [1.82, 2.24) is 14.9 Å². The van der Waals surface area contributed by atoms with E-state index < -0.39 is 11.9 Å². The predicted octanol–water partition coefficient (Wildman–Crippen LogP) is 2.22. The van der Waals surface area contributed by atoms with Crippen LogP contribution in [0.1, 0.15) is 24.0 Å². The zero-order valence-corrected chi connectivity index (χ0v) is 14.6. The number of carbonyl (C=O) groups excluding carboxylic acids is 1. The normalized spacial score (nSPS) is 14.8. The predicted molar refractivity (Wildman–Crippen MR) is 90.2 cm³/mol. The van der Waals surface area contributed by atoms with Crippen molar-refractivity contribution >= 4 is 17.5 Å². The van der Waals surface area contributed by atoms with Crippen LogP contribution in [-0.2, 0) is 17.8 Å². The molecule has 3 rings (SSSR count). The Morgan fingerprint density at radius 1 is 1.48 bits per heavy atom. The fraction of sp³-hybridized carbons (Fsp3) is 0.353. The Labute approximate surface area is 148 Å². The summed E-state index contributed by atoms with van der Waals surface area (Å²) in [5.41, 5.74) is 1.06. The molecule has 1 atom stereocenters. The van der Waals surface area contributed by atoms with Gasteiger partial charge >= 0.3 is 0 Å². The van der Waals surface area contributed by atoms with E-state index in [9.17, 15) is 14.0 Å². The highest BCUT2D eigenvalue weighted by Gasteiger charge is 2.28. The number of amides is 1. The van der Waals surface area contributed by atoms with E-state index in [-0.39, 0.29) is 28.8 Å². The number of hydrogen-bond acceptors (Lipinski definition) is 4. The summed E-state index contributed by atoms with van der Waals surface area (Å²) >= 11 is 5.93. The molecule has 8 heteroatoms. The van der Waals surface area contributed by atoms with Crippen molar-refractivity contribution in [2.45, 2.75) is 32.9 Å². The number of benzene rings is 1. The number of halogens is 2. The van der Waals surface area contributed by atoms with Crippen molar-refractivity contribution in [2.75, 3.05) is 6.54 Å². The van der Waals surface area contributed by atoms with Crippen LogP contribution in [0.15, 0.2) is 23.0 Å². The quantitative estimate of drug-likeness (QED) is 0.905. The smallest absolute Gasteiger partial charge is 0.263 e. The van der Waals surface area contributed by atoms with Gasteiger partial charge < -0.3 is 14.6 Å². The summed E-state index contributed by atoms with van der Waals surface area (Å²) in [7, 11) is 0. The van der Waals surface area contributed by atoms with Crippen LogP contribution in [0.3, 0.4) is 0 Å². The van der Waals surface area contributed by atoms with Crippen molar-refractivity contribution in [2.24, 2.45) is 0 Å². The van der Waals surface area contributed by atoms with E-state index in [2.05, 4.69) is 9.97 Å². The molecule has 0 radical (unpaired) electrons. The molecule has 1 aromatic carbocycles. The Kier molecular flexibility index (Phi) is 4.76. The molecule has 6 nitrogen and oxygen atoms in total. The zero-order chi connectivity index (χ0) is 18.1. The summed E-state index contributed by atoms with van der Waals surface area (Å²) < 4.78 is 18.7. The number of hydrogen-bond donors (Lipinski definition) is 1. The molecule has 0 saturated carbocycles. The number of carbonyl (C=O) groups is 1. The number of aromatic amines is 1. The van der Waals surface area contributed by atoms with Gasteiger partial charge in [-0.2, -0.15) is 0 Å². The number of aryl methyl sites for hydroxylation is 1. The van der Waals surface area contributed by atoms with Gasteiger partial charge in [-0.05, 0) is 38.5 Å². The molecule has 0 spiro atoms. The van der Waals surface area contributed by atoms with Crippen molar-refractivity contribution < 1.29 is 13.9 Å². The number of fused-ring (bicyclic) bond motifs is 1. The first-order chi connectivity index (χ1) is 11.8. The van der Waals surface area contributed by atoms with Crippen LogP contribution in [-0.4, -0.2) is 33.4 Å². The standard InChI is InChI=1S/C17H17ClFN3O3/c1-9(25-15-4-3-11(19)7-13(15)18)17(24)22-6-5-12-14(8-22)20-10(2)21-16(12)23/h3-4,7,9H,5-6,8H2,1-2H3,(H,20,21,23). The molecule has 0 aliphatic carbocycles. The Hall–Kier alpha value is -2.41. The lowest BCUT2D eigenvalue weighted by atomic mass is 10.1. The summed E-state index contributed by atoms with van der Waals surface area (Å²) in [6.07, 6.45) is -0.360. The first kappa shape index (κ1) is 17.4. The van der Waals surface area contributed by atoms with Gasteiger partial charge in [0.15, 0.2) is 6.10 Å². The molecule has 2 heterocycles. The van der Waals surface area contributed by atoms with Gasteiger partial charge in [0.1, 0.15) is 17.4 Å². The Bertz CT molecular complexity index is 884. The molecular weight excluding hydrogens is 349 g/mol. The highest BCUT2D eigenvalue weighted by Crippen LogP contribution is 2.26. The second-order valence-electron chi connectivity index (χ2n) is 5.92. The molecule has 25 heavy (non-hydrogen) atoms. The number of rotatable bonds is 3. The van der Waals surface area contributed by atoms with Gasteiger partial charge in [0.05, 0.1) is 17.3 Å². The first-order valence-corrected chi connectivity index (χ1v) is 8.22. The first-order valence-electron chi connectivity index (χ1n) is 7.84. The van der Waals surface area contributed by atoms with Gasteiger partial charge in [-0.3, -0.25) is 9.59 Å². The topological polar surface area (TPSA) is 75.3 Å². The van der Waals surface area contributed by atoms with Gasteiger partial charge in [0.2, 0.25) is 0 Å². The molecule has 1 N–H and O–H groups in total. The number of H-pyrrole nitrogens is 1. The minimum absolute atomic E-state index is 0.104. The lowest BCUT2D eigenvalue weighted by molar-refractivity contribution is -0.139. The van der Waals surface area contributed by atoms with Crippen molar-refractivity contribution in [3.05, 3.63) is 56.5 Å². The molecule has 132 valence electrons. The van der Waals surface area contributed by atoms with E-state index >= 15 is 0 Å². The third kappa shape index (κ3) is 3.66. The third-order valence-electron chi connectivity index (χ3n) is 4.05. The van der Waals surface area contributed by atoms with E-state index in [1.165, 1.54) is 12.1 Å². The number of nitrogens with one attached hydrogen (secondary N) is 1. The van der Waals surface area contributed by atoms with Crippen LogP contribution in [0.25, 0.3) is 0 Å². The minimum Gasteiger partial charge on any atom is -0.479 e. The fourth-order valence-electron chi connectivity index (χ4n) is 2.82. The molecule has 1 unspecified atom stereocenters. The van der Waals surface area contributed by atoms with Crippen LogP contribution < -0.4 is 10.3 Å². The maximum Gasteiger partial charge on any atom is 0.263 e. The van der Waals surface area contributed by atoms with E-state index in [1.54, 1.807) is 18.7 Å². The van der Waals surface area contributed by atoms with E-state index in [1.807, 2.05) is 0 Å². The van der Waals surface area contributed by atoms with Gasteiger partial charge in [0.25, 0.3) is 11.5 Å². The number of nitrogens with zero attached hydrogens (tertiary/aromatic N) is 2. The second kappa shape index (κ2) is 6.84. The van der Waals surface area contributed by atoms with Crippen LogP contribution >= 0.6 is 11.6 Å². The molecule has 0 bridgehead atoms. The van der Waals surface area contributed by atoms with Crippen molar-refractivity contribution in [3.63, 3.8) is 0 Å². The molecule has 0 saturated heterocycles. The Balaban J connectivity index is 1.73. The lowest BCUT2D eigenvalue weighted by Crippen LogP contribution is -2.44. The summed E-state index contributed by atoms with van der Waals surface area (Å²) in [6, 6.07) is 3.73. The monoisotopic (exact) mass is 365 g/mol. The van der Waals surface area contributed by atoms with Gasteiger partial charge in [-0.1, -0.05) is 11.6 Å². The molecule has 1 aliphatic heterocycles. The van der Waals surface area contributed by atoms with Gasteiger partial charge in [-0.25, -0.2) is 9.37 Å². The zero-order valence-electron chi connectivity index (χ0n) is 13.8. The molecule has 1 aliphatic rings. The maximum absolute atomic E-state index is 13.1. The Morgan fingerprint density at radius 2 is 2.24 bits per heavy atom. The van der Waals surface area contributed by atoms with Crippen LogP contribution in [0.4, 0.5) is 4.39 Å². The average Bonchev–Trinajstić information content (AvgIpc) is 2.55. The third-order valence-corrected chi connectivity index (χ3v) is 4.34. The highest BCUT2D eigenvalue weighted by atomic mass is 35.5. The molecule has 1 amide bonds. The second-order valence-corrected chi connectivity index (χ2v) is 6.33. The molecule has 0 fully saturated rings. The minimum atomic E-state index is -0.799. The summed E-state index contributed by atoms with van der Waals surface area (Å²) in [6.45, 7) is 3.97. The van der Waals surface area contributed by atoms with E-state index in [0.29, 0.717) is 30.0 Å². The molecule has 2 aromatic rings. The summed E-state index contributed by atoms with van der Waals surface area (Å²) in [4.78, 5) is 33.1. The summed E-state index contributed by atoms with van der Waals surface area (Å²) in [5.74, 6) is 0.0357. The fourth-order valence-corrected chi connectivity index (χ4v) is 3.03. The van der Waals surface area contributed by atoms with Crippen molar-refractivity contribution in [3.8, 4) is 5.75 Å². The lowest BCUT2D eigenvalue weighted by Gasteiger charge is -2.30. The summed E-state index contributed by atoms with van der Waals surface area (Å²) in [5, 5.41) is 0.104.